The highest BCUT2D eigenvalue weighted by atomic mass is 32.2. The lowest BCUT2D eigenvalue weighted by molar-refractivity contribution is 0.604. The molecule has 0 amide bonds. The van der Waals surface area contributed by atoms with Crippen LogP contribution < -0.4 is 10.6 Å². The number of benzene rings is 1. The molecule has 0 heterocycles. The summed E-state index contributed by atoms with van der Waals surface area (Å²) in [4.78, 5) is 4.47. The van der Waals surface area contributed by atoms with Crippen molar-refractivity contribution in [1.29, 1.82) is 5.26 Å². The van der Waals surface area contributed by atoms with Crippen molar-refractivity contribution in [2.45, 2.75) is 44.0 Å². The summed E-state index contributed by atoms with van der Waals surface area (Å²) in [7, 11) is 0. The van der Waals surface area contributed by atoms with Crippen molar-refractivity contribution in [1.82, 2.24) is 10.6 Å². The molecule has 1 aliphatic rings. The van der Waals surface area contributed by atoms with Crippen molar-refractivity contribution in [3.63, 3.8) is 0 Å². The molecule has 124 valence electrons. The summed E-state index contributed by atoms with van der Waals surface area (Å²) in [5, 5.41) is 16.3. The molecule has 6 heteroatoms. The van der Waals surface area contributed by atoms with E-state index in [0.717, 1.165) is 19.4 Å². The molecule has 1 fully saturated rings. The first-order chi connectivity index (χ1) is 11.2. The summed E-state index contributed by atoms with van der Waals surface area (Å²) in [5.74, 6) is 0.382. The molecule has 2 atom stereocenters. The summed E-state index contributed by atoms with van der Waals surface area (Å²) >= 11 is 1.91. The fourth-order valence-electron chi connectivity index (χ4n) is 2.73. The fraction of sp³-hybridized carbons (Fsp3) is 0.529. The maximum Gasteiger partial charge on any atom is 0.191 e. The number of halogens is 1. The van der Waals surface area contributed by atoms with Crippen LogP contribution in [0.1, 0.15) is 37.3 Å². The molecule has 2 unspecified atom stereocenters. The third-order valence-corrected chi connectivity index (χ3v) is 5.08. The predicted molar refractivity (Wildman–Crippen MR) is 94.0 cm³/mol. The van der Waals surface area contributed by atoms with Crippen LogP contribution in [-0.4, -0.2) is 30.1 Å². The number of nitrogens with zero attached hydrogens (tertiary/aromatic N) is 2. The van der Waals surface area contributed by atoms with Crippen LogP contribution in [0.3, 0.4) is 0 Å². The Kier molecular flexibility index (Phi) is 6.72. The van der Waals surface area contributed by atoms with Crippen LogP contribution in [0.15, 0.2) is 23.2 Å². The quantitative estimate of drug-likeness (QED) is 0.642. The van der Waals surface area contributed by atoms with Crippen molar-refractivity contribution in [3.05, 3.63) is 35.1 Å². The molecule has 1 aliphatic carbocycles. The van der Waals surface area contributed by atoms with Gasteiger partial charge in [0.1, 0.15) is 5.82 Å². The summed E-state index contributed by atoms with van der Waals surface area (Å²) in [6.07, 6.45) is 5.63. The number of rotatable bonds is 5. The smallest absolute Gasteiger partial charge is 0.191 e. The second kappa shape index (κ2) is 8.78. The monoisotopic (exact) mass is 334 g/mol. The van der Waals surface area contributed by atoms with Crippen LogP contribution >= 0.6 is 11.8 Å². The van der Waals surface area contributed by atoms with E-state index in [1.54, 1.807) is 6.07 Å². The van der Waals surface area contributed by atoms with Crippen LogP contribution in [0.25, 0.3) is 0 Å². The van der Waals surface area contributed by atoms with Gasteiger partial charge in [0.15, 0.2) is 5.96 Å². The van der Waals surface area contributed by atoms with Crippen LogP contribution in [0.4, 0.5) is 4.39 Å². The Hall–Kier alpha value is -1.74. The molecule has 0 spiro atoms. The largest absolute Gasteiger partial charge is 0.357 e. The second-order valence-corrected chi connectivity index (χ2v) is 6.76. The number of guanidine groups is 1. The molecule has 2 rings (SSSR count). The van der Waals surface area contributed by atoms with Gasteiger partial charge < -0.3 is 10.6 Å². The lowest BCUT2D eigenvalue weighted by Gasteiger charge is -2.17. The summed E-state index contributed by atoms with van der Waals surface area (Å²) < 4.78 is 13.8. The van der Waals surface area contributed by atoms with Gasteiger partial charge in [0.2, 0.25) is 0 Å². The molecular weight excluding hydrogens is 311 g/mol. The first kappa shape index (κ1) is 17.6. The number of aliphatic imine (C=N–C) groups is 1. The maximum absolute atomic E-state index is 13.8. The van der Waals surface area contributed by atoms with E-state index in [1.165, 1.54) is 18.6 Å². The molecule has 23 heavy (non-hydrogen) atoms. The fourth-order valence-corrected chi connectivity index (χ4v) is 3.52. The predicted octanol–water partition coefficient (Wildman–Crippen LogP) is 3.04. The lowest BCUT2D eigenvalue weighted by atomic mass is 10.1. The minimum absolute atomic E-state index is 0.218. The van der Waals surface area contributed by atoms with E-state index in [-0.39, 0.29) is 12.4 Å². The van der Waals surface area contributed by atoms with E-state index < -0.39 is 0 Å². The number of thioether (sulfide) groups is 1. The zero-order valence-electron chi connectivity index (χ0n) is 13.6. The van der Waals surface area contributed by atoms with E-state index in [4.69, 9.17) is 5.26 Å². The van der Waals surface area contributed by atoms with Gasteiger partial charge in [0.25, 0.3) is 0 Å². The molecule has 0 aromatic heterocycles. The van der Waals surface area contributed by atoms with E-state index >= 15 is 0 Å². The molecule has 0 radical (unpaired) electrons. The van der Waals surface area contributed by atoms with Crippen molar-refractivity contribution in [3.8, 4) is 6.07 Å². The zero-order chi connectivity index (χ0) is 16.7. The number of nitriles is 1. The van der Waals surface area contributed by atoms with Crippen LogP contribution in [0.5, 0.6) is 0 Å². The maximum atomic E-state index is 13.8. The van der Waals surface area contributed by atoms with E-state index in [2.05, 4.69) is 21.9 Å². The first-order valence-corrected chi connectivity index (χ1v) is 9.21. The van der Waals surface area contributed by atoms with Gasteiger partial charge in [0, 0.05) is 23.4 Å². The van der Waals surface area contributed by atoms with E-state index in [0.29, 0.717) is 28.4 Å². The summed E-state index contributed by atoms with van der Waals surface area (Å²) in [5.41, 5.74) is 0.892. The van der Waals surface area contributed by atoms with Crippen LogP contribution in [0.2, 0.25) is 0 Å². The van der Waals surface area contributed by atoms with E-state index in [9.17, 15) is 4.39 Å². The van der Waals surface area contributed by atoms with E-state index in [1.807, 2.05) is 24.8 Å². The van der Waals surface area contributed by atoms with Crippen molar-refractivity contribution in [2.75, 3.05) is 12.8 Å². The van der Waals surface area contributed by atoms with Gasteiger partial charge >= 0.3 is 0 Å². The second-order valence-electron chi connectivity index (χ2n) is 5.63. The van der Waals surface area contributed by atoms with Crippen molar-refractivity contribution in [2.24, 2.45) is 4.99 Å². The van der Waals surface area contributed by atoms with Crippen LogP contribution in [0, 0.1) is 17.1 Å². The average Bonchev–Trinajstić information content (AvgIpc) is 3.01. The Balaban J connectivity index is 2.03. The normalized spacial score (nSPS) is 21.0. The van der Waals surface area contributed by atoms with Gasteiger partial charge in [-0.25, -0.2) is 9.38 Å². The van der Waals surface area contributed by atoms with Gasteiger partial charge in [-0.2, -0.15) is 17.0 Å². The third-order valence-electron chi connectivity index (χ3n) is 3.99. The Bertz CT molecular complexity index is 597. The van der Waals surface area contributed by atoms with Gasteiger partial charge in [0.05, 0.1) is 18.2 Å². The highest BCUT2D eigenvalue weighted by Gasteiger charge is 2.24. The molecule has 0 saturated heterocycles. The molecule has 0 bridgehead atoms. The number of nitrogens with one attached hydrogen (secondary N) is 2. The summed E-state index contributed by atoms with van der Waals surface area (Å²) in [6, 6.07) is 6.81. The first-order valence-electron chi connectivity index (χ1n) is 7.92. The minimum atomic E-state index is -0.327. The number of hydrogen-bond donors (Lipinski definition) is 2. The Morgan fingerprint density at radius 1 is 1.48 bits per heavy atom. The Morgan fingerprint density at radius 3 is 2.96 bits per heavy atom. The third kappa shape index (κ3) is 5.14. The number of hydrogen-bond acceptors (Lipinski definition) is 3. The zero-order valence-corrected chi connectivity index (χ0v) is 14.4. The van der Waals surface area contributed by atoms with Crippen LogP contribution in [-0.2, 0) is 6.54 Å². The highest BCUT2D eigenvalue weighted by molar-refractivity contribution is 7.99. The van der Waals surface area contributed by atoms with Crippen molar-refractivity contribution >= 4 is 17.7 Å². The van der Waals surface area contributed by atoms with Gasteiger partial charge in [-0.05, 0) is 50.6 Å². The average molecular weight is 334 g/mol. The molecule has 1 aromatic carbocycles. The molecule has 1 aromatic rings. The Morgan fingerprint density at radius 2 is 2.30 bits per heavy atom. The minimum Gasteiger partial charge on any atom is -0.357 e. The molecule has 4 nitrogen and oxygen atoms in total. The van der Waals surface area contributed by atoms with Gasteiger partial charge in [-0.15, -0.1) is 0 Å². The van der Waals surface area contributed by atoms with Gasteiger partial charge in [-0.3, -0.25) is 0 Å². The standard InChI is InChI=1S/C17H23FN4S/c1-3-20-17(22-14-5-6-15(9-14)23-2)21-11-13-8-12(10-19)4-7-16(13)18/h4,7-8,14-15H,3,5-6,9,11H2,1-2H3,(H2,20,21,22). The molecule has 2 N–H and O–H groups in total. The molecule has 0 aliphatic heterocycles. The molecule has 1 saturated carbocycles. The van der Waals surface area contributed by atoms with Crippen molar-refractivity contribution < 1.29 is 4.39 Å². The lowest BCUT2D eigenvalue weighted by Crippen LogP contribution is -2.42. The van der Waals surface area contributed by atoms with Gasteiger partial charge in [-0.1, -0.05) is 0 Å². The molecular formula is C17H23FN4S. The SMILES string of the molecule is CCNC(=NCc1cc(C#N)ccc1F)NC1CCC(SC)C1. The topological polar surface area (TPSA) is 60.2 Å². The highest BCUT2D eigenvalue weighted by Crippen LogP contribution is 2.28. The Labute approximate surface area is 141 Å². The summed E-state index contributed by atoms with van der Waals surface area (Å²) in [6.45, 7) is 2.98.